The third kappa shape index (κ3) is 3.70. The van der Waals surface area contributed by atoms with Crippen LogP contribution in [0.3, 0.4) is 0 Å². The van der Waals surface area contributed by atoms with Crippen LogP contribution in [0.1, 0.15) is 40.5 Å². The standard InChI is InChI=1S/C11H22N2O2/c1-10(2,3)15-9(14)13-8-5-11(4,6-8)7-12/h8H,5-7,12H2,1-4H3,(H,13,14). The van der Waals surface area contributed by atoms with E-state index in [1.54, 1.807) is 0 Å². The third-order valence-electron chi connectivity index (χ3n) is 2.69. The van der Waals surface area contributed by atoms with Crippen LogP contribution in [0.2, 0.25) is 0 Å². The number of amides is 1. The van der Waals surface area contributed by atoms with Gasteiger partial charge in [-0.3, -0.25) is 0 Å². The molecular weight excluding hydrogens is 192 g/mol. The van der Waals surface area contributed by atoms with Crippen LogP contribution in [0.4, 0.5) is 4.79 Å². The Morgan fingerprint density at radius 3 is 2.47 bits per heavy atom. The highest BCUT2D eigenvalue weighted by Crippen LogP contribution is 2.39. The third-order valence-corrected chi connectivity index (χ3v) is 2.69. The lowest BCUT2D eigenvalue weighted by Crippen LogP contribution is -2.53. The number of alkyl carbamates (subject to hydrolysis) is 1. The van der Waals surface area contributed by atoms with E-state index in [-0.39, 0.29) is 17.6 Å². The summed E-state index contributed by atoms with van der Waals surface area (Å²) in [6.45, 7) is 8.39. The van der Waals surface area contributed by atoms with Crippen LogP contribution in [0.25, 0.3) is 0 Å². The molecule has 15 heavy (non-hydrogen) atoms. The number of hydrogen-bond acceptors (Lipinski definition) is 3. The van der Waals surface area contributed by atoms with Gasteiger partial charge in [0, 0.05) is 6.04 Å². The molecule has 1 fully saturated rings. The normalized spacial score (nSPS) is 30.6. The Morgan fingerprint density at radius 2 is 2.07 bits per heavy atom. The molecule has 0 radical (unpaired) electrons. The van der Waals surface area contributed by atoms with E-state index >= 15 is 0 Å². The number of ether oxygens (including phenoxy) is 1. The van der Waals surface area contributed by atoms with Crippen molar-refractivity contribution in [3.05, 3.63) is 0 Å². The summed E-state index contributed by atoms with van der Waals surface area (Å²) in [7, 11) is 0. The SMILES string of the molecule is CC1(CN)CC(NC(=O)OC(C)(C)C)C1. The molecule has 0 aromatic carbocycles. The van der Waals surface area contributed by atoms with Crippen molar-refractivity contribution >= 4 is 6.09 Å². The van der Waals surface area contributed by atoms with Crippen molar-refractivity contribution in [1.29, 1.82) is 0 Å². The second kappa shape index (κ2) is 4.00. The molecule has 0 unspecified atom stereocenters. The second-order valence-corrected chi connectivity index (χ2v) is 5.77. The fraction of sp³-hybridized carbons (Fsp3) is 0.909. The Hall–Kier alpha value is -0.770. The summed E-state index contributed by atoms with van der Waals surface area (Å²) < 4.78 is 5.16. The van der Waals surface area contributed by atoms with Crippen LogP contribution in [0.15, 0.2) is 0 Å². The van der Waals surface area contributed by atoms with Crippen molar-refractivity contribution in [2.45, 2.75) is 52.2 Å². The quantitative estimate of drug-likeness (QED) is 0.734. The number of nitrogens with one attached hydrogen (secondary N) is 1. The van der Waals surface area contributed by atoms with Crippen molar-refractivity contribution < 1.29 is 9.53 Å². The molecule has 0 spiro atoms. The van der Waals surface area contributed by atoms with Gasteiger partial charge in [0.05, 0.1) is 0 Å². The Bertz CT molecular complexity index is 239. The van der Waals surface area contributed by atoms with Crippen LogP contribution in [0, 0.1) is 5.41 Å². The van der Waals surface area contributed by atoms with Gasteiger partial charge in [-0.15, -0.1) is 0 Å². The molecule has 0 aromatic heterocycles. The van der Waals surface area contributed by atoms with E-state index in [9.17, 15) is 4.79 Å². The molecule has 0 aromatic rings. The van der Waals surface area contributed by atoms with Crippen molar-refractivity contribution in [1.82, 2.24) is 5.32 Å². The Balaban J connectivity index is 2.25. The van der Waals surface area contributed by atoms with Crippen LogP contribution < -0.4 is 11.1 Å². The van der Waals surface area contributed by atoms with E-state index in [4.69, 9.17) is 10.5 Å². The highest BCUT2D eigenvalue weighted by atomic mass is 16.6. The van der Waals surface area contributed by atoms with Gasteiger partial charge in [0.1, 0.15) is 5.60 Å². The van der Waals surface area contributed by atoms with Gasteiger partial charge < -0.3 is 15.8 Å². The van der Waals surface area contributed by atoms with Gasteiger partial charge in [-0.25, -0.2) is 4.79 Å². The molecule has 1 amide bonds. The van der Waals surface area contributed by atoms with Gasteiger partial charge in [0.2, 0.25) is 0 Å². The molecular formula is C11H22N2O2. The lowest BCUT2D eigenvalue weighted by Gasteiger charge is -2.44. The second-order valence-electron chi connectivity index (χ2n) is 5.77. The average molecular weight is 214 g/mol. The summed E-state index contributed by atoms with van der Waals surface area (Å²) in [5.74, 6) is 0. The zero-order valence-corrected chi connectivity index (χ0v) is 10.1. The molecule has 0 heterocycles. The summed E-state index contributed by atoms with van der Waals surface area (Å²) >= 11 is 0. The highest BCUT2D eigenvalue weighted by molar-refractivity contribution is 5.68. The van der Waals surface area contributed by atoms with Crippen molar-refractivity contribution in [3.63, 3.8) is 0 Å². The van der Waals surface area contributed by atoms with Gasteiger partial charge in [-0.2, -0.15) is 0 Å². The summed E-state index contributed by atoms with van der Waals surface area (Å²) in [6.07, 6.45) is 1.57. The van der Waals surface area contributed by atoms with Gasteiger partial charge >= 0.3 is 6.09 Å². The van der Waals surface area contributed by atoms with E-state index in [0.717, 1.165) is 12.8 Å². The largest absolute Gasteiger partial charge is 0.444 e. The maximum absolute atomic E-state index is 11.4. The topological polar surface area (TPSA) is 64.3 Å². The number of carbonyl (C=O) groups is 1. The van der Waals surface area contributed by atoms with Crippen molar-refractivity contribution in [2.75, 3.05) is 6.54 Å². The molecule has 4 heteroatoms. The highest BCUT2D eigenvalue weighted by Gasteiger charge is 2.40. The predicted octanol–water partition coefficient (Wildman–Crippen LogP) is 1.64. The lowest BCUT2D eigenvalue weighted by atomic mass is 9.67. The molecule has 88 valence electrons. The zero-order valence-electron chi connectivity index (χ0n) is 10.1. The van der Waals surface area contributed by atoms with Gasteiger partial charge in [0.15, 0.2) is 0 Å². The van der Waals surface area contributed by atoms with Gasteiger partial charge in [-0.05, 0) is 45.6 Å². The number of carbonyl (C=O) groups excluding carboxylic acids is 1. The minimum absolute atomic E-state index is 0.208. The predicted molar refractivity (Wildman–Crippen MR) is 59.6 cm³/mol. The monoisotopic (exact) mass is 214 g/mol. The first-order valence-corrected chi connectivity index (χ1v) is 5.44. The van der Waals surface area contributed by atoms with E-state index in [1.165, 1.54) is 0 Å². The van der Waals surface area contributed by atoms with E-state index in [0.29, 0.717) is 6.54 Å². The molecule has 1 aliphatic carbocycles. The number of nitrogens with two attached hydrogens (primary N) is 1. The smallest absolute Gasteiger partial charge is 0.407 e. The molecule has 0 atom stereocenters. The molecule has 3 N–H and O–H groups in total. The van der Waals surface area contributed by atoms with Gasteiger partial charge in [-0.1, -0.05) is 6.92 Å². The zero-order chi connectivity index (χ0) is 11.7. The lowest BCUT2D eigenvalue weighted by molar-refractivity contribution is 0.0376. The minimum Gasteiger partial charge on any atom is -0.444 e. The maximum atomic E-state index is 11.4. The molecule has 4 nitrogen and oxygen atoms in total. The minimum atomic E-state index is -0.426. The Morgan fingerprint density at radius 1 is 1.53 bits per heavy atom. The molecule has 1 aliphatic rings. The first-order chi connectivity index (χ1) is 6.74. The fourth-order valence-corrected chi connectivity index (χ4v) is 1.87. The molecule has 0 aliphatic heterocycles. The summed E-state index contributed by atoms with van der Waals surface area (Å²) in [5, 5.41) is 2.85. The Labute approximate surface area is 91.5 Å². The van der Waals surface area contributed by atoms with Crippen molar-refractivity contribution in [2.24, 2.45) is 11.1 Å². The average Bonchev–Trinajstić information content (AvgIpc) is 1.97. The van der Waals surface area contributed by atoms with Crippen LogP contribution in [-0.2, 0) is 4.74 Å². The number of hydrogen-bond donors (Lipinski definition) is 2. The van der Waals surface area contributed by atoms with E-state index in [2.05, 4.69) is 12.2 Å². The van der Waals surface area contributed by atoms with Crippen molar-refractivity contribution in [3.8, 4) is 0 Å². The summed E-state index contributed by atoms with van der Waals surface area (Å²) in [6, 6.07) is 0.230. The Kier molecular flexibility index (Phi) is 3.28. The fourth-order valence-electron chi connectivity index (χ4n) is 1.87. The van der Waals surface area contributed by atoms with Crippen LogP contribution in [-0.4, -0.2) is 24.3 Å². The molecule has 0 bridgehead atoms. The maximum Gasteiger partial charge on any atom is 0.407 e. The van der Waals surface area contributed by atoms with E-state index in [1.807, 2.05) is 20.8 Å². The van der Waals surface area contributed by atoms with E-state index < -0.39 is 5.60 Å². The first kappa shape index (κ1) is 12.3. The molecule has 1 rings (SSSR count). The van der Waals surface area contributed by atoms with Crippen LogP contribution in [0.5, 0.6) is 0 Å². The molecule has 1 saturated carbocycles. The van der Waals surface area contributed by atoms with Gasteiger partial charge in [0.25, 0.3) is 0 Å². The molecule has 0 saturated heterocycles. The summed E-state index contributed by atoms with van der Waals surface area (Å²) in [4.78, 5) is 11.4. The summed E-state index contributed by atoms with van der Waals surface area (Å²) in [5.41, 5.74) is 5.40. The first-order valence-electron chi connectivity index (χ1n) is 5.44. The van der Waals surface area contributed by atoms with Crippen LogP contribution >= 0.6 is 0 Å². The number of rotatable bonds is 2.